The second-order valence-corrected chi connectivity index (χ2v) is 17.9. The fraction of sp³-hybridized carbons (Fsp3) is 0.415. The molecule has 12 nitrogen and oxygen atoms in total. The minimum atomic E-state index is -3.83. The standard InChI is InChI=1S/C41H39ClF6N8O4S/c1-5-55-12-13-60-40(2,20-55)11-10-24-6-7-25(26-8-9-29(42)33-36(26)54(3)52-39(33)53-61(4,58)59)34(49-24)30(16-21-14-22(43)17-23(44)15-21)50-31(57)19-56-37-32(35(51-56)38(45)46)27-18-28(27)41(37,47)48/h6-9,14-15,17,27-28,30,38H,5,12-13,16,18-20H2,1-4H3,(H,50,57)(H,52,53)/t27-,28?,30-,40+/m0/s1. The van der Waals surface area contributed by atoms with Gasteiger partial charge in [-0.2, -0.15) is 19.0 Å². The number of hydrogen-bond acceptors (Lipinski definition) is 8. The highest BCUT2D eigenvalue weighted by atomic mass is 35.5. The van der Waals surface area contributed by atoms with E-state index in [4.69, 9.17) is 21.3 Å². The quantitative estimate of drug-likeness (QED) is 0.109. The van der Waals surface area contributed by atoms with Gasteiger partial charge in [0.15, 0.2) is 5.82 Å². The number of hydrogen-bond donors (Lipinski definition) is 2. The molecule has 2 N–H and O–H groups in total. The van der Waals surface area contributed by atoms with Crippen LogP contribution in [0.4, 0.5) is 32.2 Å². The number of amides is 1. The lowest BCUT2D eigenvalue weighted by atomic mass is 9.93. The van der Waals surface area contributed by atoms with Gasteiger partial charge in [-0.25, -0.2) is 31.0 Å². The van der Waals surface area contributed by atoms with Gasteiger partial charge in [0.25, 0.3) is 12.3 Å². The number of pyridine rings is 1. The summed E-state index contributed by atoms with van der Waals surface area (Å²) in [5.74, 6) is -2.08. The second kappa shape index (κ2) is 15.6. The monoisotopic (exact) mass is 888 g/mol. The molecule has 0 spiro atoms. The Kier molecular flexibility index (Phi) is 10.9. The summed E-state index contributed by atoms with van der Waals surface area (Å²) in [4.78, 5) is 21.2. The zero-order valence-electron chi connectivity index (χ0n) is 33.2. The van der Waals surface area contributed by atoms with E-state index >= 15 is 8.78 Å². The van der Waals surface area contributed by atoms with Crippen LogP contribution in [-0.2, 0) is 45.5 Å². The lowest BCUT2D eigenvalue weighted by Gasteiger charge is -2.36. The SMILES string of the molecule is CCN1CCO[C@](C)(C#Cc2ccc(-c3ccc(Cl)c4c(NS(C)(=O)=O)nn(C)c34)c([C@H](Cc3cc(F)cc(F)c3)NC(=O)Cn3nc(C(F)F)c4c3C(F)(F)C3C[C@H]43)n2)C1. The van der Waals surface area contributed by atoms with Crippen molar-refractivity contribution in [3.63, 3.8) is 0 Å². The summed E-state index contributed by atoms with van der Waals surface area (Å²) in [5.41, 5.74) is -1.29. The maximum Gasteiger partial charge on any atom is 0.293 e. The van der Waals surface area contributed by atoms with Crippen molar-refractivity contribution in [3.8, 4) is 23.0 Å². The number of alkyl halides is 4. The topological polar surface area (TPSA) is 136 Å². The summed E-state index contributed by atoms with van der Waals surface area (Å²) in [6.07, 6.45) is -2.50. The van der Waals surface area contributed by atoms with E-state index in [0.717, 1.165) is 31.5 Å². The number of carbonyl (C=O) groups is 1. The van der Waals surface area contributed by atoms with Crippen LogP contribution >= 0.6 is 11.6 Å². The van der Waals surface area contributed by atoms with E-state index < -0.39 is 81.3 Å². The van der Waals surface area contributed by atoms with Gasteiger partial charge in [-0.3, -0.25) is 23.8 Å². The number of benzene rings is 2. The Morgan fingerprint density at radius 3 is 2.49 bits per heavy atom. The molecule has 0 radical (unpaired) electrons. The summed E-state index contributed by atoms with van der Waals surface area (Å²) in [7, 11) is -2.28. The molecule has 3 aromatic heterocycles. The highest BCUT2D eigenvalue weighted by Crippen LogP contribution is 2.68. The van der Waals surface area contributed by atoms with Crippen LogP contribution in [0, 0.1) is 29.4 Å². The van der Waals surface area contributed by atoms with Crippen molar-refractivity contribution in [3.05, 3.63) is 93.0 Å². The molecule has 20 heteroatoms. The molecule has 1 unspecified atom stereocenters. The molecule has 2 aliphatic carbocycles. The highest BCUT2D eigenvalue weighted by molar-refractivity contribution is 7.92. The third kappa shape index (κ3) is 8.30. The van der Waals surface area contributed by atoms with Crippen LogP contribution < -0.4 is 10.0 Å². The number of ether oxygens (including phenoxy) is 1. The van der Waals surface area contributed by atoms with Gasteiger partial charge in [0.05, 0.1) is 40.5 Å². The molecule has 1 amide bonds. The summed E-state index contributed by atoms with van der Waals surface area (Å²) in [5, 5.41) is 11.3. The Hall–Kier alpha value is -5.16. The lowest BCUT2D eigenvalue weighted by molar-refractivity contribution is -0.123. The van der Waals surface area contributed by atoms with Gasteiger partial charge in [-0.05, 0) is 74.0 Å². The molecule has 2 fully saturated rings. The van der Waals surface area contributed by atoms with Crippen molar-refractivity contribution in [1.29, 1.82) is 0 Å². The number of nitrogens with one attached hydrogen (secondary N) is 2. The van der Waals surface area contributed by atoms with Crippen molar-refractivity contribution < 1.29 is 44.3 Å². The molecule has 8 rings (SSSR count). The smallest absolute Gasteiger partial charge is 0.293 e. The molecule has 61 heavy (non-hydrogen) atoms. The summed E-state index contributed by atoms with van der Waals surface area (Å²) in [6, 6.07) is 7.86. The molecule has 2 aromatic carbocycles. The number of halogens is 7. The van der Waals surface area contributed by atoms with E-state index in [9.17, 15) is 30.8 Å². The van der Waals surface area contributed by atoms with Gasteiger partial charge in [0.1, 0.15) is 40.9 Å². The number of sulfonamides is 1. The van der Waals surface area contributed by atoms with Crippen molar-refractivity contribution in [2.24, 2.45) is 13.0 Å². The Balaban J connectivity index is 1.27. The number of anilines is 1. The molecule has 4 heterocycles. The van der Waals surface area contributed by atoms with Gasteiger partial charge < -0.3 is 10.1 Å². The van der Waals surface area contributed by atoms with Crippen LogP contribution in [-0.4, -0.2) is 81.9 Å². The largest absolute Gasteiger partial charge is 0.360 e. The molecule has 1 aliphatic heterocycles. The van der Waals surface area contributed by atoms with Crippen LogP contribution in [0.1, 0.15) is 72.6 Å². The maximum absolute atomic E-state index is 15.5. The van der Waals surface area contributed by atoms with E-state index in [2.05, 4.69) is 37.0 Å². The van der Waals surface area contributed by atoms with Gasteiger partial charge >= 0.3 is 0 Å². The normalized spacial score (nSPS) is 21.2. The predicted molar refractivity (Wildman–Crippen MR) is 214 cm³/mol. The Bertz CT molecular complexity index is 2750. The number of morpholine rings is 1. The Labute approximate surface area is 351 Å². The maximum atomic E-state index is 15.5. The summed E-state index contributed by atoms with van der Waals surface area (Å²) >= 11 is 6.64. The Morgan fingerprint density at radius 2 is 1.80 bits per heavy atom. The average molecular weight is 889 g/mol. The molecule has 1 saturated carbocycles. The average Bonchev–Trinajstić information content (AvgIpc) is 3.72. The van der Waals surface area contributed by atoms with Crippen LogP contribution in [0.5, 0.6) is 0 Å². The zero-order chi connectivity index (χ0) is 43.8. The van der Waals surface area contributed by atoms with E-state index in [1.54, 1.807) is 25.2 Å². The molecule has 4 atom stereocenters. The molecular formula is C41H39ClF6N8O4S. The zero-order valence-corrected chi connectivity index (χ0v) is 34.7. The molecule has 5 aromatic rings. The first-order chi connectivity index (χ1) is 28.7. The number of aryl methyl sites for hydroxylation is 1. The number of carbonyl (C=O) groups excluding carboxylic acids is 1. The van der Waals surface area contributed by atoms with Crippen LogP contribution in [0.15, 0.2) is 42.5 Å². The van der Waals surface area contributed by atoms with Crippen molar-refractivity contribution >= 4 is 44.3 Å². The van der Waals surface area contributed by atoms with E-state index in [-0.39, 0.29) is 51.6 Å². The van der Waals surface area contributed by atoms with E-state index in [1.807, 2.05) is 13.8 Å². The van der Waals surface area contributed by atoms with Crippen molar-refractivity contribution in [2.75, 3.05) is 37.2 Å². The van der Waals surface area contributed by atoms with E-state index in [1.165, 1.54) is 10.7 Å². The third-order valence-corrected chi connectivity index (χ3v) is 12.1. The molecule has 3 aliphatic rings. The number of rotatable bonds is 11. The molecule has 1 saturated heterocycles. The fourth-order valence-corrected chi connectivity index (χ4v) is 9.24. The first kappa shape index (κ1) is 42.5. The van der Waals surface area contributed by atoms with Crippen LogP contribution in [0.2, 0.25) is 5.02 Å². The van der Waals surface area contributed by atoms with Gasteiger partial charge in [-0.15, -0.1) is 0 Å². The lowest BCUT2D eigenvalue weighted by Crippen LogP contribution is -2.49. The fourth-order valence-electron chi connectivity index (χ4n) is 8.51. The number of aromatic nitrogens is 5. The minimum absolute atomic E-state index is 0.0279. The molecule has 322 valence electrons. The summed E-state index contributed by atoms with van der Waals surface area (Å²) < 4.78 is 124. The highest BCUT2D eigenvalue weighted by Gasteiger charge is 2.67. The van der Waals surface area contributed by atoms with Crippen LogP contribution in [0.25, 0.3) is 22.0 Å². The van der Waals surface area contributed by atoms with Crippen molar-refractivity contribution in [1.82, 2.24) is 34.8 Å². The van der Waals surface area contributed by atoms with Gasteiger partial charge in [0.2, 0.25) is 15.9 Å². The first-order valence-corrected chi connectivity index (χ1v) is 21.6. The number of nitrogens with zero attached hydrogens (tertiary/aromatic N) is 6. The third-order valence-electron chi connectivity index (χ3n) is 11.2. The van der Waals surface area contributed by atoms with Gasteiger partial charge in [0, 0.05) is 48.8 Å². The molecule has 0 bridgehead atoms. The van der Waals surface area contributed by atoms with E-state index in [0.29, 0.717) is 40.5 Å². The number of fused-ring (bicyclic) bond motifs is 4. The van der Waals surface area contributed by atoms with Crippen LogP contribution in [0.3, 0.4) is 0 Å². The second-order valence-electron chi connectivity index (χ2n) is 15.8. The predicted octanol–water partition coefficient (Wildman–Crippen LogP) is 6.84. The minimum Gasteiger partial charge on any atom is -0.360 e. The summed E-state index contributed by atoms with van der Waals surface area (Å²) in [6.45, 7) is 5.40. The number of likely N-dealkylation sites (N-methyl/N-ethyl adjacent to an activating group) is 1. The van der Waals surface area contributed by atoms with Crippen molar-refractivity contribution in [2.45, 2.75) is 63.1 Å². The first-order valence-electron chi connectivity index (χ1n) is 19.3. The van der Waals surface area contributed by atoms with Gasteiger partial charge in [-0.1, -0.05) is 30.5 Å². The molecular weight excluding hydrogens is 850 g/mol. The Morgan fingerprint density at radius 1 is 1.08 bits per heavy atom.